The van der Waals surface area contributed by atoms with E-state index in [1.807, 2.05) is 13.8 Å². The lowest BCUT2D eigenvalue weighted by Crippen LogP contribution is -2.54. The number of imide groups is 2. The molecule has 0 saturated carbocycles. The predicted octanol–water partition coefficient (Wildman–Crippen LogP) is 3.93. The molecule has 0 bridgehead atoms. The number of benzene rings is 2. The molecule has 7 nitrogen and oxygen atoms in total. The number of nitrogens with zero attached hydrogens (tertiary/aromatic N) is 1. The second kappa shape index (κ2) is 9.73. The summed E-state index contributed by atoms with van der Waals surface area (Å²) in [7, 11) is 0. The number of carbonyl (C=O) groups excluding carboxylic acids is 3. The van der Waals surface area contributed by atoms with Crippen molar-refractivity contribution >= 4 is 29.6 Å². The third-order valence-electron chi connectivity index (χ3n) is 4.33. The lowest BCUT2D eigenvalue weighted by atomic mass is 10.1. The molecule has 30 heavy (non-hydrogen) atoms. The SMILES string of the molecule is CCCOc1ccc(/C=C2/C(=O)NC(=O)N(c3ccc(OCCC)cc3)C2=O)cc1. The van der Waals surface area contributed by atoms with Crippen LogP contribution in [0.25, 0.3) is 6.08 Å². The zero-order chi connectivity index (χ0) is 21.5. The lowest BCUT2D eigenvalue weighted by Gasteiger charge is -2.26. The first-order valence-corrected chi connectivity index (χ1v) is 9.90. The molecule has 3 rings (SSSR count). The van der Waals surface area contributed by atoms with Crippen molar-refractivity contribution in [3.8, 4) is 11.5 Å². The third kappa shape index (κ3) is 4.86. The number of rotatable bonds is 8. The summed E-state index contributed by atoms with van der Waals surface area (Å²) >= 11 is 0. The molecular weight excluding hydrogens is 384 g/mol. The number of hydrogen-bond donors (Lipinski definition) is 1. The molecule has 0 unspecified atom stereocenters. The third-order valence-corrected chi connectivity index (χ3v) is 4.33. The summed E-state index contributed by atoms with van der Waals surface area (Å²) in [5.74, 6) is -0.0592. The monoisotopic (exact) mass is 408 g/mol. The molecule has 2 aromatic carbocycles. The fourth-order valence-corrected chi connectivity index (χ4v) is 2.85. The smallest absolute Gasteiger partial charge is 0.335 e. The van der Waals surface area contributed by atoms with Crippen LogP contribution in [0, 0.1) is 0 Å². The Morgan fingerprint density at radius 1 is 0.833 bits per heavy atom. The Kier molecular flexibility index (Phi) is 6.85. The van der Waals surface area contributed by atoms with E-state index in [4.69, 9.17) is 9.47 Å². The molecule has 1 fully saturated rings. The normalized spacial score (nSPS) is 15.3. The van der Waals surface area contributed by atoms with E-state index in [0.717, 1.165) is 17.7 Å². The van der Waals surface area contributed by atoms with Crippen molar-refractivity contribution in [3.63, 3.8) is 0 Å². The average molecular weight is 408 g/mol. The Bertz CT molecular complexity index is 949. The van der Waals surface area contributed by atoms with Gasteiger partial charge in [0.2, 0.25) is 0 Å². The van der Waals surface area contributed by atoms with Crippen molar-refractivity contribution in [2.75, 3.05) is 18.1 Å². The van der Waals surface area contributed by atoms with Gasteiger partial charge in [-0.25, -0.2) is 9.69 Å². The fraction of sp³-hybridized carbons (Fsp3) is 0.261. The van der Waals surface area contributed by atoms with Gasteiger partial charge in [-0.15, -0.1) is 0 Å². The highest BCUT2D eigenvalue weighted by Gasteiger charge is 2.36. The van der Waals surface area contributed by atoms with Crippen LogP contribution in [0.15, 0.2) is 54.1 Å². The largest absolute Gasteiger partial charge is 0.494 e. The quantitative estimate of drug-likeness (QED) is 0.528. The zero-order valence-corrected chi connectivity index (χ0v) is 17.0. The molecule has 1 heterocycles. The van der Waals surface area contributed by atoms with Gasteiger partial charge in [-0.3, -0.25) is 14.9 Å². The van der Waals surface area contributed by atoms with Crippen LogP contribution >= 0.6 is 0 Å². The fourth-order valence-electron chi connectivity index (χ4n) is 2.85. The van der Waals surface area contributed by atoms with Crippen LogP contribution in [0.5, 0.6) is 11.5 Å². The topological polar surface area (TPSA) is 84.9 Å². The summed E-state index contributed by atoms with van der Waals surface area (Å²) in [6, 6.07) is 12.8. The molecule has 0 spiro atoms. The molecule has 2 aromatic rings. The molecule has 4 amide bonds. The minimum absolute atomic E-state index is 0.122. The first-order chi connectivity index (χ1) is 14.5. The van der Waals surface area contributed by atoms with E-state index in [9.17, 15) is 14.4 Å². The first-order valence-electron chi connectivity index (χ1n) is 9.90. The van der Waals surface area contributed by atoms with E-state index >= 15 is 0 Å². The van der Waals surface area contributed by atoms with Gasteiger partial charge in [0.25, 0.3) is 11.8 Å². The molecule has 1 N–H and O–H groups in total. The predicted molar refractivity (Wildman–Crippen MR) is 113 cm³/mol. The second-order valence-electron chi connectivity index (χ2n) is 6.72. The summed E-state index contributed by atoms with van der Waals surface area (Å²) < 4.78 is 11.1. The van der Waals surface area contributed by atoms with Gasteiger partial charge in [-0.05, 0) is 60.9 Å². The molecule has 0 aromatic heterocycles. The van der Waals surface area contributed by atoms with E-state index in [1.54, 1.807) is 48.5 Å². The Morgan fingerprint density at radius 2 is 1.37 bits per heavy atom. The highest BCUT2D eigenvalue weighted by Crippen LogP contribution is 2.25. The molecule has 0 atom stereocenters. The summed E-state index contributed by atoms with van der Waals surface area (Å²) in [6.07, 6.45) is 3.23. The van der Waals surface area contributed by atoms with Gasteiger partial charge in [0.05, 0.1) is 18.9 Å². The number of amides is 4. The molecule has 0 aliphatic carbocycles. The van der Waals surface area contributed by atoms with Crippen LogP contribution in [0.3, 0.4) is 0 Å². The summed E-state index contributed by atoms with van der Waals surface area (Å²) in [5, 5.41) is 2.22. The van der Waals surface area contributed by atoms with E-state index in [2.05, 4.69) is 5.32 Å². The standard InChI is InChI=1S/C23H24N2O5/c1-3-13-29-18-9-5-16(6-10-18)15-20-21(26)24-23(28)25(22(20)27)17-7-11-19(12-8-17)30-14-4-2/h5-12,15H,3-4,13-14H2,1-2H3,(H,24,26,28)/b20-15-. The Labute approximate surface area is 175 Å². The molecule has 7 heteroatoms. The maximum Gasteiger partial charge on any atom is 0.335 e. The lowest BCUT2D eigenvalue weighted by molar-refractivity contribution is -0.122. The van der Waals surface area contributed by atoms with Gasteiger partial charge < -0.3 is 9.47 Å². The van der Waals surface area contributed by atoms with Crippen molar-refractivity contribution < 1.29 is 23.9 Å². The van der Waals surface area contributed by atoms with Gasteiger partial charge in [0, 0.05) is 0 Å². The zero-order valence-electron chi connectivity index (χ0n) is 17.0. The highest BCUT2D eigenvalue weighted by atomic mass is 16.5. The van der Waals surface area contributed by atoms with E-state index < -0.39 is 17.8 Å². The maximum atomic E-state index is 12.9. The Morgan fingerprint density at radius 3 is 1.90 bits per heavy atom. The molecular formula is C23H24N2O5. The van der Waals surface area contributed by atoms with E-state index in [1.165, 1.54) is 6.08 Å². The number of hydrogen-bond acceptors (Lipinski definition) is 5. The second-order valence-corrected chi connectivity index (χ2v) is 6.72. The van der Waals surface area contributed by atoms with Crippen LogP contribution in [0.2, 0.25) is 0 Å². The highest BCUT2D eigenvalue weighted by molar-refractivity contribution is 6.39. The minimum Gasteiger partial charge on any atom is -0.494 e. The van der Waals surface area contributed by atoms with E-state index in [0.29, 0.717) is 36.0 Å². The van der Waals surface area contributed by atoms with Crippen molar-refractivity contribution in [1.82, 2.24) is 5.32 Å². The maximum absolute atomic E-state index is 12.9. The molecule has 1 aliphatic rings. The van der Waals surface area contributed by atoms with Gasteiger partial charge in [-0.1, -0.05) is 26.0 Å². The molecule has 0 radical (unpaired) electrons. The summed E-state index contributed by atoms with van der Waals surface area (Å²) in [6.45, 7) is 5.21. The van der Waals surface area contributed by atoms with Crippen LogP contribution in [0.4, 0.5) is 10.5 Å². The van der Waals surface area contributed by atoms with Crippen LogP contribution in [0.1, 0.15) is 32.3 Å². The van der Waals surface area contributed by atoms with Gasteiger partial charge in [-0.2, -0.15) is 0 Å². The van der Waals surface area contributed by atoms with E-state index in [-0.39, 0.29) is 5.57 Å². The number of nitrogens with one attached hydrogen (secondary N) is 1. The molecule has 1 saturated heterocycles. The number of carbonyl (C=O) groups is 3. The number of ether oxygens (including phenoxy) is 2. The Hall–Kier alpha value is -3.61. The Balaban J connectivity index is 1.82. The minimum atomic E-state index is -0.785. The van der Waals surface area contributed by atoms with Gasteiger partial charge in [0.15, 0.2) is 0 Å². The number of barbiturate groups is 1. The van der Waals surface area contributed by atoms with Crippen molar-refractivity contribution in [3.05, 3.63) is 59.7 Å². The van der Waals surface area contributed by atoms with Crippen LogP contribution in [-0.2, 0) is 9.59 Å². The van der Waals surface area contributed by atoms with Crippen molar-refractivity contribution in [2.24, 2.45) is 0 Å². The van der Waals surface area contributed by atoms with Crippen LogP contribution in [-0.4, -0.2) is 31.1 Å². The summed E-state index contributed by atoms with van der Waals surface area (Å²) in [5.41, 5.74) is 0.876. The first kappa shape index (κ1) is 21.1. The number of anilines is 1. The van der Waals surface area contributed by atoms with Crippen molar-refractivity contribution in [1.29, 1.82) is 0 Å². The van der Waals surface area contributed by atoms with Gasteiger partial charge >= 0.3 is 6.03 Å². The molecule has 1 aliphatic heterocycles. The van der Waals surface area contributed by atoms with Crippen LogP contribution < -0.4 is 19.7 Å². The average Bonchev–Trinajstić information content (AvgIpc) is 2.75. The number of urea groups is 1. The van der Waals surface area contributed by atoms with Crippen molar-refractivity contribution in [2.45, 2.75) is 26.7 Å². The summed E-state index contributed by atoms with van der Waals surface area (Å²) in [4.78, 5) is 38.5. The van der Waals surface area contributed by atoms with Gasteiger partial charge in [0.1, 0.15) is 17.1 Å². The molecule has 156 valence electrons.